The van der Waals surface area contributed by atoms with E-state index in [1.165, 1.54) is 11.8 Å². The molecule has 6 aromatic carbocycles. The van der Waals surface area contributed by atoms with Gasteiger partial charge in [0.2, 0.25) is 11.8 Å². The molecular weight excluding hydrogens is 1130 g/mol. The summed E-state index contributed by atoms with van der Waals surface area (Å²) in [6.07, 6.45) is 3.98. The van der Waals surface area contributed by atoms with Crippen molar-refractivity contribution in [2.75, 3.05) is 12.3 Å². The second-order valence-corrected chi connectivity index (χ2v) is 25.1. The third kappa shape index (κ3) is 20.2. The number of ether oxygens (including phenoxy) is 2. The summed E-state index contributed by atoms with van der Waals surface area (Å²) in [6, 6.07) is 51.3. The molecule has 0 bridgehead atoms. The zero-order valence-electron chi connectivity index (χ0n) is 51.8. The highest BCUT2D eigenvalue weighted by Gasteiger charge is 2.44. The fourth-order valence-corrected chi connectivity index (χ4v) is 12.7. The summed E-state index contributed by atoms with van der Waals surface area (Å²) in [6.45, 7) is 13.6. The number of benzene rings is 6. The number of thioether (sulfide) groups is 1. The van der Waals surface area contributed by atoms with Crippen LogP contribution in [0.15, 0.2) is 170 Å². The number of hydrogen-bond donors (Lipinski definition) is 5. The summed E-state index contributed by atoms with van der Waals surface area (Å²) in [5.41, 5.74) is 9.45. The Morgan fingerprint density at radius 1 is 0.552 bits per heavy atom. The molecule has 464 valence electrons. The normalized spacial score (nSPS) is 14.0. The minimum absolute atomic E-state index is 0.110. The number of ketones is 2. The highest BCUT2D eigenvalue weighted by molar-refractivity contribution is 8.00. The van der Waals surface area contributed by atoms with Gasteiger partial charge in [0.05, 0.1) is 23.0 Å². The van der Waals surface area contributed by atoms with Crippen LogP contribution in [0.1, 0.15) is 164 Å². The van der Waals surface area contributed by atoms with E-state index in [0.29, 0.717) is 53.9 Å². The highest BCUT2D eigenvalue weighted by atomic mass is 35.5. The Kier molecular flexibility index (Phi) is 27.3. The van der Waals surface area contributed by atoms with E-state index in [-0.39, 0.29) is 49.8 Å². The number of esters is 1. The van der Waals surface area contributed by atoms with E-state index in [0.717, 1.165) is 47.9 Å². The number of alkyl carbamates (subject to hydrolysis) is 1. The maximum atomic E-state index is 15.2. The number of nitrogens with two attached hydrogens (primary N) is 1. The Balaban J connectivity index is 1.25. The lowest BCUT2D eigenvalue weighted by Crippen LogP contribution is -2.49. The predicted molar refractivity (Wildman–Crippen MR) is 350 cm³/mol. The molecule has 0 fully saturated rings. The molecule has 87 heavy (non-hydrogen) atoms. The molecule has 0 saturated heterocycles. The average Bonchev–Trinajstić information content (AvgIpc) is 0.850. The number of unbranched alkanes of at least 4 members (excludes halogenated alkanes) is 4. The number of carbonyl (C=O) groups excluding carboxylic acids is 6. The second kappa shape index (κ2) is 34.4. The van der Waals surface area contributed by atoms with Crippen LogP contribution in [-0.4, -0.2) is 77.6 Å². The Labute approximate surface area is 525 Å². The van der Waals surface area contributed by atoms with Gasteiger partial charge < -0.3 is 36.5 Å². The molecule has 6 N–H and O–H groups in total. The number of aryl methyl sites for hydroxylation is 1. The molecule has 3 amide bonds. The van der Waals surface area contributed by atoms with Gasteiger partial charge in [-0.15, -0.1) is 11.8 Å². The summed E-state index contributed by atoms with van der Waals surface area (Å²) in [7, 11) is 0. The molecule has 0 aromatic heterocycles. The smallest absolute Gasteiger partial charge is 0.408 e. The largest absolute Gasteiger partial charge is 0.444 e. The van der Waals surface area contributed by atoms with Crippen molar-refractivity contribution in [2.24, 2.45) is 11.7 Å². The molecule has 0 heterocycles. The molecule has 6 rings (SSSR count). The van der Waals surface area contributed by atoms with Crippen LogP contribution >= 0.6 is 23.4 Å². The van der Waals surface area contributed by atoms with Crippen LogP contribution in [0, 0.1) is 12.8 Å². The standard InChI is InChI=1S/C72H90ClN5O8S/c1-8-10-16-40-61(76-66(81)47-46-64(79)63(78-69(84)86-70(5,6)7)50-87-72(56-32-20-13-21-33-56,57-34-22-14-23-35-57)58-36-24-15-25-37-58)65(80)49-53(29-28-48-75-52(4)74)67(82)77-62(41-17-11-9-2)68(83)85-71(54-30-18-12-19-31-54,55-44-42-51(3)43-45-55)59-38-26-27-39-60(59)73/h12-15,18-27,30-39,42-45,52-53,61-63,75H,8-11,16-17,28-29,40-41,46-50,74H2,1-7H3,(H,76,81)(H,77,82)(H,78,84)/t52?,53-,61+,62+,63-,71?/m0/s1. The molecule has 6 atom stereocenters. The lowest BCUT2D eigenvalue weighted by molar-refractivity contribution is -0.158. The van der Waals surface area contributed by atoms with Crippen LogP contribution in [0.2, 0.25) is 5.02 Å². The zero-order chi connectivity index (χ0) is 62.8. The molecule has 0 radical (unpaired) electrons. The van der Waals surface area contributed by atoms with Crippen molar-refractivity contribution in [2.45, 2.75) is 172 Å². The lowest BCUT2D eigenvalue weighted by Gasteiger charge is -2.37. The Bertz CT molecular complexity index is 3010. The van der Waals surface area contributed by atoms with Gasteiger partial charge in [-0.25, -0.2) is 9.59 Å². The van der Waals surface area contributed by atoms with Crippen molar-refractivity contribution >= 4 is 58.8 Å². The van der Waals surface area contributed by atoms with E-state index in [1.807, 2.05) is 148 Å². The van der Waals surface area contributed by atoms with Gasteiger partial charge in [0.15, 0.2) is 17.2 Å². The van der Waals surface area contributed by atoms with Gasteiger partial charge in [-0.1, -0.05) is 233 Å². The Morgan fingerprint density at radius 3 is 1.57 bits per heavy atom. The highest BCUT2D eigenvalue weighted by Crippen LogP contribution is 2.49. The van der Waals surface area contributed by atoms with E-state index in [1.54, 1.807) is 26.8 Å². The zero-order valence-corrected chi connectivity index (χ0v) is 53.4. The number of rotatable bonds is 35. The first kappa shape index (κ1) is 69.0. The van der Waals surface area contributed by atoms with E-state index in [4.69, 9.17) is 26.8 Å². The average molecular weight is 1220 g/mol. The summed E-state index contributed by atoms with van der Waals surface area (Å²) >= 11 is 8.55. The molecule has 6 aromatic rings. The maximum absolute atomic E-state index is 15.2. The van der Waals surface area contributed by atoms with Gasteiger partial charge in [0.25, 0.3) is 0 Å². The van der Waals surface area contributed by atoms with Gasteiger partial charge >= 0.3 is 12.1 Å². The van der Waals surface area contributed by atoms with Gasteiger partial charge in [-0.05, 0) is 89.6 Å². The van der Waals surface area contributed by atoms with Crippen molar-refractivity contribution in [1.82, 2.24) is 21.3 Å². The minimum atomic E-state index is -1.53. The molecule has 0 aliphatic heterocycles. The minimum Gasteiger partial charge on any atom is -0.444 e. The lowest BCUT2D eigenvalue weighted by atomic mass is 9.79. The van der Waals surface area contributed by atoms with Crippen molar-refractivity contribution < 1.29 is 38.2 Å². The van der Waals surface area contributed by atoms with Crippen LogP contribution in [-0.2, 0) is 43.8 Å². The van der Waals surface area contributed by atoms with Crippen LogP contribution in [0.3, 0.4) is 0 Å². The maximum Gasteiger partial charge on any atom is 0.408 e. The van der Waals surface area contributed by atoms with Gasteiger partial charge in [0.1, 0.15) is 11.6 Å². The fraction of sp³-hybridized carbons (Fsp3) is 0.417. The first-order chi connectivity index (χ1) is 41.8. The molecule has 2 unspecified atom stereocenters. The van der Waals surface area contributed by atoms with E-state index in [2.05, 4.69) is 64.6 Å². The van der Waals surface area contributed by atoms with Crippen molar-refractivity contribution in [3.63, 3.8) is 0 Å². The molecule has 0 saturated carbocycles. The summed E-state index contributed by atoms with van der Waals surface area (Å²) in [5.74, 6) is -3.23. The summed E-state index contributed by atoms with van der Waals surface area (Å²) in [5, 5.41) is 12.5. The summed E-state index contributed by atoms with van der Waals surface area (Å²) in [4.78, 5) is 87.3. The topological polar surface area (TPSA) is 195 Å². The Hall–Kier alpha value is -7.10. The van der Waals surface area contributed by atoms with Crippen LogP contribution in [0.5, 0.6) is 0 Å². The fourth-order valence-electron chi connectivity index (χ4n) is 10.8. The molecule has 0 aliphatic rings. The van der Waals surface area contributed by atoms with Gasteiger partial charge in [-0.3, -0.25) is 19.2 Å². The third-order valence-electron chi connectivity index (χ3n) is 15.4. The quantitative estimate of drug-likeness (QED) is 0.0110. The van der Waals surface area contributed by atoms with Crippen LogP contribution < -0.4 is 27.0 Å². The molecular formula is C72H90ClN5O8S. The Morgan fingerprint density at radius 2 is 1.06 bits per heavy atom. The second-order valence-electron chi connectivity index (χ2n) is 23.5. The van der Waals surface area contributed by atoms with E-state index in [9.17, 15) is 24.0 Å². The van der Waals surface area contributed by atoms with Gasteiger partial charge in [-0.2, -0.15) is 0 Å². The number of amides is 3. The number of halogens is 1. The first-order valence-corrected chi connectivity index (χ1v) is 32.2. The molecule has 13 nitrogen and oxygen atoms in total. The van der Waals surface area contributed by atoms with Crippen LogP contribution in [0.4, 0.5) is 4.79 Å². The monoisotopic (exact) mass is 1220 g/mol. The predicted octanol–water partition coefficient (Wildman–Crippen LogP) is 13.8. The number of carbonyl (C=O) groups is 6. The van der Waals surface area contributed by atoms with Crippen molar-refractivity contribution in [3.05, 3.63) is 214 Å². The number of nitrogens with one attached hydrogen (secondary N) is 4. The molecule has 15 heteroatoms. The van der Waals surface area contributed by atoms with Crippen molar-refractivity contribution in [3.8, 4) is 0 Å². The third-order valence-corrected chi connectivity index (χ3v) is 17.3. The molecule has 0 aliphatic carbocycles. The van der Waals surface area contributed by atoms with Gasteiger partial charge in [0, 0.05) is 52.6 Å². The first-order valence-electron chi connectivity index (χ1n) is 30.9. The summed E-state index contributed by atoms with van der Waals surface area (Å²) < 4.78 is 11.7. The number of hydrogen-bond acceptors (Lipinski definition) is 11. The van der Waals surface area contributed by atoms with Crippen LogP contribution in [0.25, 0.3) is 0 Å². The van der Waals surface area contributed by atoms with E-state index < -0.39 is 69.7 Å². The molecule has 0 spiro atoms. The number of Topliss-reactive ketones (excluding diaryl/α,β-unsaturated/α-hetero) is 2. The van der Waals surface area contributed by atoms with E-state index >= 15 is 4.79 Å². The SMILES string of the molecule is CCCCC[C@@H](NC(=O)CCC(=O)[C@H](CSC(c1ccccc1)(c1ccccc1)c1ccccc1)NC(=O)OC(C)(C)C)C(=O)C[C@H](CCCNC(C)N)C(=O)N[C@H](CCCCC)C(=O)OC(c1ccccc1)(c1ccc(C)cc1)c1ccccc1Cl. The van der Waals surface area contributed by atoms with Crippen molar-refractivity contribution in [1.29, 1.82) is 0 Å².